The summed E-state index contributed by atoms with van der Waals surface area (Å²) in [5, 5.41) is 8.04. The molecule has 0 aliphatic heterocycles. The average molecular weight is 273 g/mol. The maximum absolute atomic E-state index is 11.9. The molecule has 0 unspecified atom stereocenters. The van der Waals surface area contributed by atoms with Crippen LogP contribution < -0.4 is 0 Å². The van der Waals surface area contributed by atoms with E-state index in [0.29, 0.717) is 12.3 Å². The van der Waals surface area contributed by atoms with E-state index in [1.165, 1.54) is 0 Å². The van der Waals surface area contributed by atoms with Crippen molar-refractivity contribution in [1.29, 1.82) is 0 Å². The molecule has 0 bridgehead atoms. The third kappa shape index (κ3) is 2.71. The number of carbonyl (C=O) groups excluding carboxylic acids is 1. The molecular formula is C15H19N3O2. The fraction of sp³-hybridized carbons (Fsp3) is 0.400. The Hall–Kier alpha value is -2.17. The van der Waals surface area contributed by atoms with Crippen LogP contribution in [0.1, 0.15) is 40.7 Å². The molecule has 0 saturated carbocycles. The molecule has 0 aliphatic carbocycles. The zero-order valence-corrected chi connectivity index (χ0v) is 12.3. The van der Waals surface area contributed by atoms with E-state index in [9.17, 15) is 4.79 Å². The zero-order valence-electron chi connectivity index (χ0n) is 12.3. The van der Waals surface area contributed by atoms with Crippen LogP contribution in [0.5, 0.6) is 0 Å². The maximum Gasteiger partial charge on any atom is 0.360 e. The number of benzene rings is 1. The first kappa shape index (κ1) is 14.2. The van der Waals surface area contributed by atoms with Gasteiger partial charge in [0.15, 0.2) is 5.69 Å². The summed E-state index contributed by atoms with van der Waals surface area (Å²) in [7, 11) is 0. The minimum Gasteiger partial charge on any atom is -0.461 e. The largest absolute Gasteiger partial charge is 0.461 e. The first-order valence-corrected chi connectivity index (χ1v) is 6.71. The maximum atomic E-state index is 11.9. The number of rotatable bonds is 4. The van der Waals surface area contributed by atoms with Gasteiger partial charge in [-0.3, -0.25) is 0 Å². The Kier molecular flexibility index (Phi) is 4.17. The van der Waals surface area contributed by atoms with Crippen molar-refractivity contribution < 1.29 is 9.53 Å². The second-order valence-corrected chi connectivity index (χ2v) is 4.86. The highest BCUT2D eigenvalue weighted by Crippen LogP contribution is 2.18. The third-order valence-electron chi connectivity index (χ3n) is 3.12. The van der Waals surface area contributed by atoms with Gasteiger partial charge in [-0.05, 0) is 44.4 Å². The number of hydrogen-bond donors (Lipinski definition) is 0. The van der Waals surface area contributed by atoms with E-state index in [4.69, 9.17) is 4.74 Å². The highest BCUT2D eigenvalue weighted by atomic mass is 16.5. The molecule has 5 heteroatoms. The Morgan fingerprint density at radius 2 is 2.05 bits per heavy atom. The molecule has 1 aromatic heterocycles. The van der Waals surface area contributed by atoms with Crippen LogP contribution in [0.25, 0.3) is 5.69 Å². The fourth-order valence-electron chi connectivity index (χ4n) is 1.96. The minimum atomic E-state index is -0.416. The predicted molar refractivity (Wildman–Crippen MR) is 76.1 cm³/mol. The van der Waals surface area contributed by atoms with Crippen LogP contribution in [0.2, 0.25) is 0 Å². The van der Waals surface area contributed by atoms with Crippen LogP contribution in [0.4, 0.5) is 0 Å². The molecule has 106 valence electrons. The van der Waals surface area contributed by atoms with Gasteiger partial charge in [-0.1, -0.05) is 24.3 Å². The molecule has 0 aliphatic rings. The molecule has 0 atom stereocenters. The van der Waals surface area contributed by atoms with Crippen LogP contribution in [0.15, 0.2) is 18.2 Å². The Labute approximate surface area is 118 Å². The van der Waals surface area contributed by atoms with Gasteiger partial charge in [-0.15, -0.1) is 5.10 Å². The lowest BCUT2D eigenvalue weighted by Crippen LogP contribution is -2.09. The Morgan fingerprint density at radius 1 is 1.30 bits per heavy atom. The second-order valence-electron chi connectivity index (χ2n) is 4.86. The Balaban J connectivity index is 2.38. The summed E-state index contributed by atoms with van der Waals surface area (Å²) in [6, 6.07) is 6.10. The number of esters is 1. The van der Waals surface area contributed by atoms with E-state index >= 15 is 0 Å². The lowest BCUT2D eigenvalue weighted by molar-refractivity contribution is 0.0497. The number of carbonyl (C=O) groups is 1. The second kappa shape index (κ2) is 5.86. The molecule has 0 amide bonds. The van der Waals surface area contributed by atoms with Crippen LogP contribution in [0.3, 0.4) is 0 Å². The summed E-state index contributed by atoms with van der Waals surface area (Å²) in [6.45, 7) is 8.20. The van der Waals surface area contributed by atoms with Crippen molar-refractivity contribution in [1.82, 2.24) is 15.0 Å². The molecule has 0 radical (unpaired) electrons. The average Bonchev–Trinajstić information content (AvgIpc) is 2.80. The summed E-state index contributed by atoms with van der Waals surface area (Å²) in [4.78, 5) is 11.9. The molecule has 0 saturated heterocycles. The van der Waals surface area contributed by atoms with E-state index in [2.05, 4.69) is 10.3 Å². The first-order valence-electron chi connectivity index (χ1n) is 6.71. The zero-order chi connectivity index (χ0) is 14.7. The minimum absolute atomic E-state index is 0.277. The molecular weight excluding hydrogens is 254 g/mol. The lowest BCUT2D eigenvalue weighted by atomic mass is 10.1. The van der Waals surface area contributed by atoms with Crippen molar-refractivity contribution in [2.45, 2.75) is 34.1 Å². The summed E-state index contributed by atoms with van der Waals surface area (Å²) < 4.78 is 6.79. The van der Waals surface area contributed by atoms with Gasteiger partial charge in [0.2, 0.25) is 0 Å². The molecule has 2 rings (SSSR count). The van der Waals surface area contributed by atoms with E-state index in [1.54, 1.807) is 4.68 Å². The van der Waals surface area contributed by atoms with Gasteiger partial charge >= 0.3 is 5.97 Å². The standard InChI is InChI=1S/C15H19N3O2/c1-5-8-20-15(19)14-12(4)18(17-16-14)13-9-10(2)6-7-11(13)3/h6-7,9H,5,8H2,1-4H3. The highest BCUT2D eigenvalue weighted by molar-refractivity contribution is 5.88. The predicted octanol–water partition coefficient (Wildman–Crippen LogP) is 2.76. The van der Waals surface area contributed by atoms with Gasteiger partial charge in [0.1, 0.15) is 0 Å². The first-order chi connectivity index (χ1) is 9.54. The smallest absolute Gasteiger partial charge is 0.360 e. The van der Waals surface area contributed by atoms with E-state index in [-0.39, 0.29) is 5.69 Å². The fourth-order valence-corrected chi connectivity index (χ4v) is 1.96. The Bertz CT molecular complexity index is 632. The van der Waals surface area contributed by atoms with Crippen molar-refractivity contribution >= 4 is 5.97 Å². The summed E-state index contributed by atoms with van der Waals surface area (Å²) in [6.07, 6.45) is 0.788. The number of aryl methyl sites for hydroxylation is 2. The van der Waals surface area contributed by atoms with Gasteiger partial charge < -0.3 is 4.74 Å². The summed E-state index contributed by atoms with van der Waals surface area (Å²) in [5.41, 5.74) is 4.12. The van der Waals surface area contributed by atoms with Crippen LogP contribution in [-0.4, -0.2) is 27.6 Å². The summed E-state index contributed by atoms with van der Waals surface area (Å²) >= 11 is 0. The Morgan fingerprint density at radius 3 is 2.75 bits per heavy atom. The van der Waals surface area contributed by atoms with Crippen molar-refractivity contribution in [2.75, 3.05) is 6.61 Å². The number of ether oxygens (including phenoxy) is 1. The van der Waals surface area contributed by atoms with Crippen LogP contribution >= 0.6 is 0 Å². The molecule has 1 heterocycles. The van der Waals surface area contributed by atoms with Crippen molar-refractivity contribution in [3.63, 3.8) is 0 Å². The topological polar surface area (TPSA) is 57.0 Å². The van der Waals surface area contributed by atoms with Crippen molar-refractivity contribution in [3.8, 4) is 5.69 Å². The monoisotopic (exact) mass is 273 g/mol. The number of aromatic nitrogens is 3. The van der Waals surface area contributed by atoms with E-state index in [0.717, 1.165) is 23.2 Å². The normalized spacial score (nSPS) is 10.6. The SMILES string of the molecule is CCCOC(=O)c1nnn(-c2cc(C)ccc2C)c1C. The molecule has 0 fully saturated rings. The quantitative estimate of drug-likeness (QED) is 0.804. The van der Waals surface area contributed by atoms with Gasteiger partial charge in [-0.25, -0.2) is 9.48 Å². The molecule has 20 heavy (non-hydrogen) atoms. The number of nitrogens with zero attached hydrogens (tertiary/aromatic N) is 3. The van der Waals surface area contributed by atoms with Crippen LogP contribution in [0, 0.1) is 20.8 Å². The van der Waals surface area contributed by atoms with E-state index in [1.807, 2.05) is 45.9 Å². The number of hydrogen-bond acceptors (Lipinski definition) is 4. The molecule has 0 spiro atoms. The van der Waals surface area contributed by atoms with Gasteiger partial charge in [-0.2, -0.15) is 0 Å². The highest BCUT2D eigenvalue weighted by Gasteiger charge is 2.19. The molecule has 0 N–H and O–H groups in total. The molecule has 5 nitrogen and oxygen atoms in total. The van der Waals surface area contributed by atoms with E-state index < -0.39 is 5.97 Å². The van der Waals surface area contributed by atoms with Gasteiger partial charge in [0, 0.05) is 0 Å². The van der Waals surface area contributed by atoms with Gasteiger partial charge in [0.05, 0.1) is 18.0 Å². The summed E-state index contributed by atoms with van der Waals surface area (Å²) in [5.74, 6) is -0.416. The van der Waals surface area contributed by atoms with Gasteiger partial charge in [0.25, 0.3) is 0 Å². The van der Waals surface area contributed by atoms with Crippen molar-refractivity contribution in [2.24, 2.45) is 0 Å². The molecule has 1 aromatic carbocycles. The molecule has 2 aromatic rings. The van der Waals surface area contributed by atoms with Crippen molar-refractivity contribution in [3.05, 3.63) is 40.7 Å². The lowest BCUT2D eigenvalue weighted by Gasteiger charge is -2.08. The van der Waals surface area contributed by atoms with Crippen LogP contribution in [-0.2, 0) is 4.74 Å². The third-order valence-corrected chi connectivity index (χ3v) is 3.12.